The first kappa shape index (κ1) is 17.7. The minimum Gasteiger partial charge on any atom is -0.481 e. The van der Waals surface area contributed by atoms with Gasteiger partial charge in [0.2, 0.25) is 5.91 Å². The summed E-state index contributed by atoms with van der Waals surface area (Å²) in [7, 11) is 0. The molecule has 7 nitrogen and oxygen atoms in total. The van der Waals surface area contributed by atoms with Gasteiger partial charge in [-0.3, -0.25) is 9.59 Å². The summed E-state index contributed by atoms with van der Waals surface area (Å²) >= 11 is 1.25. The normalized spacial score (nSPS) is 16.8. The number of nitrogens with one attached hydrogen (secondary N) is 1. The van der Waals surface area contributed by atoms with Crippen molar-refractivity contribution >= 4 is 23.6 Å². The highest BCUT2D eigenvalue weighted by Gasteiger charge is 2.36. The molecular formula is C15H21N3O4S. The van der Waals surface area contributed by atoms with Crippen LogP contribution in [0.1, 0.15) is 30.7 Å². The molecule has 1 aromatic heterocycles. The highest BCUT2D eigenvalue weighted by Crippen LogP contribution is 2.25. The largest absolute Gasteiger partial charge is 0.481 e. The Morgan fingerprint density at radius 3 is 2.48 bits per heavy atom. The number of aryl methyl sites for hydroxylation is 2. The van der Waals surface area contributed by atoms with Crippen molar-refractivity contribution in [3.8, 4) is 0 Å². The number of aromatic nitrogens is 2. The second kappa shape index (κ2) is 7.74. The van der Waals surface area contributed by atoms with Gasteiger partial charge >= 0.3 is 5.97 Å². The van der Waals surface area contributed by atoms with Crippen LogP contribution in [0.2, 0.25) is 0 Å². The van der Waals surface area contributed by atoms with Gasteiger partial charge in [0.1, 0.15) is 0 Å². The van der Waals surface area contributed by atoms with Crippen molar-refractivity contribution in [2.75, 3.05) is 19.0 Å². The zero-order valence-electron chi connectivity index (χ0n) is 13.3. The zero-order chi connectivity index (χ0) is 16.9. The Kier molecular flexibility index (Phi) is 5.95. The lowest BCUT2D eigenvalue weighted by atomic mass is 9.86. The number of hydrogen-bond donors (Lipinski definition) is 2. The Morgan fingerprint density at radius 2 is 1.91 bits per heavy atom. The maximum atomic E-state index is 12.2. The second-order valence-corrected chi connectivity index (χ2v) is 6.68. The summed E-state index contributed by atoms with van der Waals surface area (Å²) in [6.45, 7) is 4.67. The van der Waals surface area contributed by atoms with Crippen LogP contribution in [0.15, 0.2) is 11.2 Å². The van der Waals surface area contributed by atoms with Gasteiger partial charge in [-0.25, -0.2) is 9.97 Å². The predicted octanol–water partition coefficient (Wildman–Crippen LogP) is 1.33. The van der Waals surface area contributed by atoms with Crippen molar-refractivity contribution in [2.45, 2.75) is 43.8 Å². The van der Waals surface area contributed by atoms with E-state index in [1.807, 2.05) is 19.9 Å². The number of thioether (sulfide) groups is 1. The first-order valence-electron chi connectivity index (χ1n) is 7.44. The first-order valence-corrected chi connectivity index (χ1v) is 8.43. The Morgan fingerprint density at radius 1 is 1.30 bits per heavy atom. The number of ether oxygens (including phenoxy) is 1. The van der Waals surface area contributed by atoms with Crippen molar-refractivity contribution < 1.29 is 19.4 Å². The molecule has 1 saturated heterocycles. The van der Waals surface area contributed by atoms with Crippen LogP contribution in [0.4, 0.5) is 0 Å². The average Bonchev–Trinajstić information content (AvgIpc) is 2.44. The van der Waals surface area contributed by atoms with E-state index < -0.39 is 11.5 Å². The minimum atomic E-state index is -0.919. The molecule has 2 heterocycles. The van der Waals surface area contributed by atoms with Crippen LogP contribution in [-0.2, 0) is 14.3 Å². The summed E-state index contributed by atoms with van der Waals surface area (Å²) in [4.78, 5) is 31.9. The number of hydrogen-bond acceptors (Lipinski definition) is 6. The number of amides is 1. The van der Waals surface area contributed by atoms with Crippen LogP contribution in [0.25, 0.3) is 0 Å². The Bertz CT molecular complexity index is 568. The molecule has 0 bridgehead atoms. The van der Waals surface area contributed by atoms with Gasteiger partial charge in [-0.1, -0.05) is 11.8 Å². The number of carboxylic acid groups (broad SMARTS) is 1. The fraction of sp³-hybridized carbons (Fsp3) is 0.600. The van der Waals surface area contributed by atoms with Crippen LogP contribution >= 0.6 is 11.8 Å². The standard InChI is InChI=1S/C15H21N3O4S/c1-10-7-11(2)17-14(16-10)23-9-12(19)18-15(8-13(20)21)3-5-22-6-4-15/h7H,3-6,8-9H2,1-2H3,(H,18,19)(H,20,21). The van der Waals surface area contributed by atoms with E-state index in [4.69, 9.17) is 9.84 Å². The van der Waals surface area contributed by atoms with Gasteiger partial charge in [0.15, 0.2) is 5.16 Å². The number of carbonyl (C=O) groups excluding carboxylic acids is 1. The summed E-state index contributed by atoms with van der Waals surface area (Å²) in [5, 5.41) is 12.5. The minimum absolute atomic E-state index is 0.0905. The highest BCUT2D eigenvalue weighted by molar-refractivity contribution is 7.99. The summed E-state index contributed by atoms with van der Waals surface area (Å²) in [5.41, 5.74) is 0.991. The third-order valence-electron chi connectivity index (χ3n) is 3.64. The molecule has 0 saturated carbocycles. The third-order valence-corrected chi connectivity index (χ3v) is 4.49. The van der Waals surface area contributed by atoms with Crippen molar-refractivity contribution in [2.24, 2.45) is 0 Å². The molecule has 1 aliphatic rings. The van der Waals surface area contributed by atoms with Gasteiger partial charge in [0.05, 0.1) is 17.7 Å². The Balaban J connectivity index is 1.94. The monoisotopic (exact) mass is 339 g/mol. The molecule has 8 heteroatoms. The van der Waals surface area contributed by atoms with E-state index in [-0.39, 0.29) is 18.1 Å². The molecule has 23 heavy (non-hydrogen) atoms. The van der Waals surface area contributed by atoms with Crippen LogP contribution in [0.3, 0.4) is 0 Å². The number of carboxylic acids is 1. The molecule has 0 aromatic carbocycles. The lowest BCUT2D eigenvalue weighted by Crippen LogP contribution is -2.53. The molecule has 1 fully saturated rings. The lowest BCUT2D eigenvalue weighted by Gasteiger charge is -2.36. The summed E-state index contributed by atoms with van der Waals surface area (Å²) in [6, 6.07) is 1.87. The van der Waals surface area contributed by atoms with Gasteiger partial charge in [0.25, 0.3) is 0 Å². The zero-order valence-corrected chi connectivity index (χ0v) is 14.1. The van der Waals surface area contributed by atoms with E-state index in [2.05, 4.69) is 15.3 Å². The van der Waals surface area contributed by atoms with E-state index in [0.717, 1.165) is 11.4 Å². The van der Waals surface area contributed by atoms with Gasteiger partial charge < -0.3 is 15.2 Å². The molecule has 0 spiro atoms. The molecule has 1 amide bonds. The number of carbonyl (C=O) groups is 2. The maximum Gasteiger partial charge on any atom is 0.305 e. The van der Waals surface area contributed by atoms with Gasteiger partial charge in [0, 0.05) is 24.6 Å². The molecule has 126 valence electrons. The van der Waals surface area contributed by atoms with Gasteiger partial charge in [-0.15, -0.1) is 0 Å². The highest BCUT2D eigenvalue weighted by atomic mass is 32.2. The van der Waals surface area contributed by atoms with Crippen molar-refractivity contribution in [1.82, 2.24) is 15.3 Å². The molecule has 2 N–H and O–H groups in total. The number of nitrogens with zero attached hydrogens (tertiary/aromatic N) is 2. The average molecular weight is 339 g/mol. The third kappa shape index (κ3) is 5.47. The Labute approximate surface area is 139 Å². The molecule has 0 radical (unpaired) electrons. The molecule has 0 unspecified atom stereocenters. The van der Waals surface area contributed by atoms with Crippen LogP contribution in [0.5, 0.6) is 0 Å². The summed E-state index contributed by atoms with van der Waals surface area (Å²) in [5.74, 6) is -0.969. The van der Waals surface area contributed by atoms with E-state index in [1.165, 1.54) is 11.8 Å². The fourth-order valence-corrected chi connectivity index (χ4v) is 3.37. The molecule has 0 aliphatic carbocycles. The Hall–Kier alpha value is -1.67. The van der Waals surface area contributed by atoms with E-state index in [1.54, 1.807) is 0 Å². The van der Waals surface area contributed by atoms with Crippen molar-refractivity contribution in [1.29, 1.82) is 0 Å². The van der Waals surface area contributed by atoms with E-state index in [9.17, 15) is 9.59 Å². The maximum absolute atomic E-state index is 12.2. The van der Waals surface area contributed by atoms with E-state index >= 15 is 0 Å². The molecule has 1 aliphatic heterocycles. The topological polar surface area (TPSA) is 101 Å². The molecule has 1 aromatic rings. The number of aliphatic carboxylic acids is 1. The van der Waals surface area contributed by atoms with Crippen LogP contribution in [0, 0.1) is 13.8 Å². The fourth-order valence-electron chi connectivity index (χ4n) is 2.62. The summed E-state index contributed by atoms with van der Waals surface area (Å²) in [6.07, 6.45) is 0.929. The van der Waals surface area contributed by atoms with Gasteiger partial charge in [-0.05, 0) is 32.8 Å². The quantitative estimate of drug-likeness (QED) is 0.595. The van der Waals surface area contributed by atoms with Crippen molar-refractivity contribution in [3.05, 3.63) is 17.5 Å². The molecule has 2 rings (SSSR count). The lowest BCUT2D eigenvalue weighted by molar-refractivity contribution is -0.140. The van der Waals surface area contributed by atoms with Gasteiger partial charge in [-0.2, -0.15) is 0 Å². The van der Waals surface area contributed by atoms with Crippen LogP contribution in [-0.4, -0.2) is 51.5 Å². The molecular weight excluding hydrogens is 318 g/mol. The SMILES string of the molecule is Cc1cc(C)nc(SCC(=O)NC2(CC(=O)O)CCOCC2)n1. The predicted molar refractivity (Wildman–Crippen MR) is 85.4 cm³/mol. The van der Waals surface area contributed by atoms with Crippen LogP contribution < -0.4 is 5.32 Å². The smallest absolute Gasteiger partial charge is 0.305 e. The van der Waals surface area contributed by atoms with Crippen molar-refractivity contribution in [3.63, 3.8) is 0 Å². The number of rotatable bonds is 6. The molecule has 0 atom stereocenters. The van der Waals surface area contributed by atoms with E-state index in [0.29, 0.717) is 31.2 Å². The summed E-state index contributed by atoms with van der Waals surface area (Å²) < 4.78 is 5.27. The first-order chi connectivity index (χ1) is 10.9. The second-order valence-electron chi connectivity index (χ2n) is 5.73.